The maximum atomic E-state index is 6.76. The van der Waals surface area contributed by atoms with Gasteiger partial charge in [-0.15, -0.1) is 0 Å². The molecule has 0 saturated heterocycles. The van der Waals surface area contributed by atoms with Crippen LogP contribution in [0.5, 0.6) is 11.5 Å². The Labute approximate surface area is 307 Å². The largest absolute Gasteiger partial charge is 0.457 e. The van der Waals surface area contributed by atoms with Crippen LogP contribution in [0.3, 0.4) is 0 Å². The van der Waals surface area contributed by atoms with Crippen LogP contribution in [-0.2, 0) is 5.41 Å². The van der Waals surface area contributed by atoms with Gasteiger partial charge in [0, 0.05) is 44.9 Å². The van der Waals surface area contributed by atoms with E-state index in [4.69, 9.17) is 14.7 Å². The van der Waals surface area contributed by atoms with Crippen molar-refractivity contribution in [3.05, 3.63) is 169 Å². The van der Waals surface area contributed by atoms with E-state index in [-0.39, 0.29) is 5.41 Å². The number of imidazole rings is 1. The number of benzene rings is 6. The fraction of sp³-hybridized carbons (Fsp3) is 0.0833. The smallest absolute Gasteiger partial charge is 0.146 e. The molecular weight excluding hydrogens is 649 g/mol. The van der Waals surface area contributed by atoms with Crippen molar-refractivity contribution in [1.29, 1.82) is 0 Å². The fourth-order valence-corrected chi connectivity index (χ4v) is 7.80. The van der Waals surface area contributed by atoms with Gasteiger partial charge in [0.15, 0.2) is 0 Å². The van der Waals surface area contributed by atoms with Gasteiger partial charge in [0.25, 0.3) is 0 Å². The second kappa shape index (κ2) is 11.9. The van der Waals surface area contributed by atoms with E-state index in [2.05, 4.69) is 181 Å². The zero-order valence-electron chi connectivity index (χ0n) is 29.8. The lowest BCUT2D eigenvalue weighted by molar-refractivity contribution is 0.484. The van der Waals surface area contributed by atoms with Crippen molar-refractivity contribution in [3.63, 3.8) is 0 Å². The summed E-state index contributed by atoms with van der Waals surface area (Å²) in [5, 5.41) is 5.65. The van der Waals surface area contributed by atoms with E-state index < -0.39 is 0 Å². The molecule has 0 fully saturated rings. The van der Waals surface area contributed by atoms with Gasteiger partial charge < -0.3 is 4.74 Å². The highest BCUT2D eigenvalue weighted by Gasteiger charge is 2.22. The lowest BCUT2D eigenvalue weighted by Gasteiger charge is -2.20. The van der Waals surface area contributed by atoms with Crippen molar-refractivity contribution < 1.29 is 4.74 Å². The Morgan fingerprint density at radius 2 is 1.11 bits per heavy atom. The average molecular weight is 685 g/mol. The zero-order chi connectivity index (χ0) is 35.7. The summed E-state index contributed by atoms with van der Waals surface area (Å²) in [6, 6.07) is 55.2. The Balaban J connectivity index is 1.17. The number of aromatic nitrogens is 4. The van der Waals surface area contributed by atoms with E-state index in [0.717, 1.165) is 83.6 Å². The number of rotatable bonds is 5. The van der Waals surface area contributed by atoms with Crippen LogP contribution in [0.2, 0.25) is 0 Å². The minimum absolute atomic E-state index is 0.00385. The summed E-state index contributed by atoms with van der Waals surface area (Å²) in [7, 11) is 0. The highest BCUT2D eigenvalue weighted by molar-refractivity contribution is 6.14. The third-order valence-corrected chi connectivity index (χ3v) is 10.4. The quantitative estimate of drug-likeness (QED) is 0.170. The van der Waals surface area contributed by atoms with Crippen molar-refractivity contribution >= 4 is 49.1 Å². The molecule has 0 bridgehead atoms. The van der Waals surface area contributed by atoms with E-state index in [1.165, 1.54) is 10.9 Å². The summed E-state index contributed by atoms with van der Waals surface area (Å²) >= 11 is 0. The molecule has 0 radical (unpaired) electrons. The molecule has 0 atom stereocenters. The molecule has 0 unspecified atom stereocenters. The average Bonchev–Trinajstić information content (AvgIpc) is 3.75. The van der Waals surface area contributed by atoms with Gasteiger partial charge in [-0.2, -0.15) is 0 Å². The summed E-state index contributed by atoms with van der Waals surface area (Å²) in [4.78, 5) is 10.3. The Morgan fingerprint density at radius 3 is 1.85 bits per heavy atom. The van der Waals surface area contributed by atoms with Crippen LogP contribution in [-0.4, -0.2) is 18.9 Å². The highest BCUT2D eigenvalue weighted by Crippen LogP contribution is 2.41. The highest BCUT2D eigenvalue weighted by atomic mass is 16.5. The first-order valence-corrected chi connectivity index (χ1v) is 18.1. The van der Waals surface area contributed by atoms with Gasteiger partial charge in [-0.3, -0.25) is 8.97 Å². The van der Waals surface area contributed by atoms with Gasteiger partial charge in [-0.05, 0) is 71.0 Å². The maximum absolute atomic E-state index is 6.76. The summed E-state index contributed by atoms with van der Waals surface area (Å²) in [6.07, 6.45) is 1.92. The number of pyridine rings is 2. The Bertz CT molecular complexity index is 3010. The molecule has 53 heavy (non-hydrogen) atoms. The fourth-order valence-electron chi connectivity index (χ4n) is 7.80. The van der Waals surface area contributed by atoms with Crippen molar-refractivity contribution in [2.24, 2.45) is 0 Å². The molecule has 6 aromatic carbocycles. The van der Waals surface area contributed by atoms with Crippen LogP contribution in [0, 0.1) is 0 Å². The van der Waals surface area contributed by atoms with E-state index in [1.807, 2.05) is 12.3 Å². The van der Waals surface area contributed by atoms with Crippen molar-refractivity contribution in [2.45, 2.75) is 26.2 Å². The Hall–Kier alpha value is -6.72. The van der Waals surface area contributed by atoms with Crippen LogP contribution >= 0.6 is 0 Å². The van der Waals surface area contributed by atoms with Crippen molar-refractivity contribution in [2.75, 3.05) is 0 Å². The molecule has 4 heterocycles. The van der Waals surface area contributed by atoms with Gasteiger partial charge in [0.1, 0.15) is 23.0 Å². The number of fused-ring (bicyclic) bond motifs is 9. The number of nitrogens with zero attached hydrogens (tertiary/aromatic N) is 4. The van der Waals surface area contributed by atoms with Gasteiger partial charge in [-0.25, -0.2) is 9.97 Å². The standard InChI is InChI=1S/C48H36N4O/c1-48(2,3)33-26-27-49-44(28-33)51-41-20-12-11-19-38(41)39-25-23-35(30-43(39)51)53-34-22-24-36-37-18-10-13-21-42(37)52-46(32-16-8-5-9-17-32)45(31-14-6-4-7-15-31)50-47(52)40(36)29-34/h4-30H,1-3H3. The topological polar surface area (TPSA) is 44.4 Å². The van der Waals surface area contributed by atoms with Crippen LogP contribution in [0.1, 0.15) is 26.3 Å². The summed E-state index contributed by atoms with van der Waals surface area (Å²) in [5.41, 5.74) is 9.60. The molecule has 0 aliphatic heterocycles. The summed E-state index contributed by atoms with van der Waals surface area (Å²) in [6.45, 7) is 6.70. The second-order valence-corrected chi connectivity index (χ2v) is 14.7. The molecule has 10 aromatic rings. The number of ether oxygens (including phenoxy) is 1. The Morgan fingerprint density at radius 1 is 0.509 bits per heavy atom. The number of para-hydroxylation sites is 2. The zero-order valence-corrected chi connectivity index (χ0v) is 29.8. The number of hydrogen-bond acceptors (Lipinski definition) is 3. The summed E-state index contributed by atoms with van der Waals surface area (Å²) in [5.74, 6) is 2.39. The third kappa shape index (κ3) is 5.07. The maximum Gasteiger partial charge on any atom is 0.146 e. The van der Waals surface area contributed by atoms with Gasteiger partial charge in [0.2, 0.25) is 0 Å². The van der Waals surface area contributed by atoms with E-state index in [0.29, 0.717) is 0 Å². The van der Waals surface area contributed by atoms with Crippen LogP contribution < -0.4 is 4.74 Å². The molecule has 0 aliphatic rings. The number of hydrogen-bond donors (Lipinski definition) is 0. The molecular formula is C48H36N4O. The van der Waals surface area contributed by atoms with Gasteiger partial charge in [-0.1, -0.05) is 118 Å². The molecule has 0 aliphatic carbocycles. The molecule has 5 nitrogen and oxygen atoms in total. The van der Waals surface area contributed by atoms with Gasteiger partial charge >= 0.3 is 0 Å². The monoisotopic (exact) mass is 684 g/mol. The first-order valence-electron chi connectivity index (χ1n) is 18.1. The second-order valence-electron chi connectivity index (χ2n) is 14.7. The van der Waals surface area contributed by atoms with Crippen molar-refractivity contribution in [3.8, 4) is 39.8 Å². The van der Waals surface area contributed by atoms with E-state index >= 15 is 0 Å². The SMILES string of the molecule is CC(C)(C)c1ccnc(-n2c3ccccc3c3ccc(Oc4ccc5c6ccccc6n6c(-c7ccccc7)c(-c7ccccc7)nc6c5c4)cc32)c1. The predicted molar refractivity (Wildman–Crippen MR) is 218 cm³/mol. The van der Waals surface area contributed by atoms with Crippen LogP contribution in [0.4, 0.5) is 0 Å². The lowest BCUT2D eigenvalue weighted by atomic mass is 9.88. The minimum Gasteiger partial charge on any atom is -0.457 e. The predicted octanol–water partition coefficient (Wildman–Crippen LogP) is 12.6. The lowest BCUT2D eigenvalue weighted by Crippen LogP contribution is -2.12. The van der Waals surface area contributed by atoms with Gasteiger partial charge in [0.05, 0.1) is 27.9 Å². The molecule has 0 N–H and O–H groups in total. The van der Waals surface area contributed by atoms with E-state index in [9.17, 15) is 0 Å². The Kier molecular flexibility index (Phi) is 6.99. The molecule has 0 amide bonds. The first-order chi connectivity index (χ1) is 25.9. The van der Waals surface area contributed by atoms with Crippen LogP contribution in [0.15, 0.2) is 164 Å². The summed E-state index contributed by atoms with van der Waals surface area (Å²) < 4.78 is 11.3. The normalized spacial score (nSPS) is 12.1. The molecule has 0 spiro atoms. The minimum atomic E-state index is -0.00385. The molecule has 10 rings (SSSR count). The molecule has 254 valence electrons. The first kappa shape index (κ1) is 31.1. The van der Waals surface area contributed by atoms with Crippen LogP contribution in [0.25, 0.3) is 77.5 Å². The third-order valence-electron chi connectivity index (χ3n) is 10.4. The van der Waals surface area contributed by atoms with E-state index in [1.54, 1.807) is 0 Å². The molecule has 0 saturated carbocycles. The molecule has 5 heteroatoms. The molecule has 4 aromatic heterocycles. The van der Waals surface area contributed by atoms with Crippen molar-refractivity contribution in [1.82, 2.24) is 18.9 Å².